The van der Waals surface area contributed by atoms with Crippen molar-refractivity contribution >= 4 is 52.3 Å². The monoisotopic (exact) mass is 467 g/mol. The summed E-state index contributed by atoms with van der Waals surface area (Å²) in [6.45, 7) is 4.21. The molecule has 1 aliphatic rings. The van der Waals surface area contributed by atoms with Crippen LogP contribution in [0, 0.1) is 0 Å². The van der Waals surface area contributed by atoms with Crippen molar-refractivity contribution in [3.8, 4) is 0 Å². The zero-order valence-corrected chi connectivity index (χ0v) is 18.6. The lowest BCUT2D eigenvalue weighted by molar-refractivity contribution is -0.140. The standard InChI is InChI=1S/C22H20Cl3NO4/c1-12(2)30-10-9-26-19(13-3-6-15(23)7-4-13)18(21(28)22(26)29)20(27)14-5-8-16(24)17(25)11-14/h3-8,11-12,19,27H,9-10H2,1-2H3/b20-18-. The highest BCUT2D eigenvalue weighted by Crippen LogP contribution is 2.40. The second-order valence-corrected chi connectivity index (χ2v) is 8.34. The first kappa shape index (κ1) is 22.6. The molecule has 0 bridgehead atoms. The molecule has 2 aromatic rings. The second-order valence-electron chi connectivity index (χ2n) is 7.09. The van der Waals surface area contributed by atoms with Crippen LogP contribution in [0.15, 0.2) is 48.0 Å². The van der Waals surface area contributed by atoms with Crippen LogP contribution in [0.25, 0.3) is 5.76 Å². The summed E-state index contributed by atoms with van der Waals surface area (Å²) in [7, 11) is 0. The predicted octanol–water partition coefficient (Wildman–Crippen LogP) is 5.49. The number of aliphatic hydroxyl groups is 1. The van der Waals surface area contributed by atoms with Crippen molar-refractivity contribution in [2.24, 2.45) is 0 Å². The smallest absolute Gasteiger partial charge is 0.295 e. The van der Waals surface area contributed by atoms with Gasteiger partial charge in [0.1, 0.15) is 5.76 Å². The van der Waals surface area contributed by atoms with Gasteiger partial charge in [0.25, 0.3) is 11.7 Å². The lowest BCUT2D eigenvalue weighted by Crippen LogP contribution is -2.33. The number of ether oxygens (including phenoxy) is 1. The summed E-state index contributed by atoms with van der Waals surface area (Å²) in [5.74, 6) is -1.80. The number of hydrogen-bond donors (Lipinski definition) is 1. The fourth-order valence-electron chi connectivity index (χ4n) is 3.29. The molecule has 1 heterocycles. The molecule has 0 aromatic heterocycles. The van der Waals surface area contributed by atoms with Crippen LogP contribution in [0.3, 0.4) is 0 Å². The van der Waals surface area contributed by atoms with Gasteiger partial charge in [-0.25, -0.2) is 0 Å². The summed E-state index contributed by atoms with van der Waals surface area (Å²) >= 11 is 18.0. The van der Waals surface area contributed by atoms with Gasteiger partial charge in [-0.2, -0.15) is 0 Å². The maximum absolute atomic E-state index is 12.9. The molecule has 1 aliphatic heterocycles. The largest absolute Gasteiger partial charge is 0.507 e. The Morgan fingerprint density at radius 3 is 2.33 bits per heavy atom. The van der Waals surface area contributed by atoms with Gasteiger partial charge in [0.05, 0.1) is 34.4 Å². The lowest BCUT2D eigenvalue weighted by atomic mass is 9.95. The Morgan fingerprint density at radius 1 is 1.07 bits per heavy atom. The van der Waals surface area contributed by atoms with Crippen LogP contribution < -0.4 is 0 Å². The van der Waals surface area contributed by atoms with Crippen LogP contribution in [0.1, 0.15) is 31.0 Å². The van der Waals surface area contributed by atoms with Crippen LogP contribution in [-0.4, -0.2) is 41.0 Å². The van der Waals surface area contributed by atoms with E-state index < -0.39 is 17.7 Å². The van der Waals surface area contributed by atoms with Crippen molar-refractivity contribution in [2.45, 2.75) is 26.0 Å². The summed E-state index contributed by atoms with van der Waals surface area (Å²) in [5.41, 5.74) is 0.912. The minimum atomic E-state index is -0.785. The maximum Gasteiger partial charge on any atom is 0.295 e. The SMILES string of the molecule is CC(C)OCCN1C(=O)C(=O)/C(=C(\O)c2ccc(Cl)c(Cl)c2)C1c1ccc(Cl)cc1. The molecule has 2 aromatic carbocycles. The van der Waals surface area contributed by atoms with E-state index in [1.807, 2.05) is 13.8 Å². The Hall–Kier alpha value is -2.05. The minimum Gasteiger partial charge on any atom is -0.507 e. The first-order valence-electron chi connectivity index (χ1n) is 9.31. The molecule has 8 heteroatoms. The number of likely N-dealkylation sites (tertiary alicyclic amines) is 1. The van der Waals surface area contributed by atoms with Gasteiger partial charge in [0.15, 0.2) is 0 Å². The van der Waals surface area contributed by atoms with Crippen LogP contribution in [-0.2, 0) is 14.3 Å². The molecule has 158 valence electrons. The second kappa shape index (κ2) is 9.40. The number of ketones is 1. The Kier molecular flexibility index (Phi) is 7.09. The average molecular weight is 469 g/mol. The van der Waals surface area contributed by atoms with E-state index in [1.165, 1.54) is 23.1 Å². The van der Waals surface area contributed by atoms with Crippen LogP contribution in [0.5, 0.6) is 0 Å². The van der Waals surface area contributed by atoms with E-state index in [2.05, 4.69) is 0 Å². The van der Waals surface area contributed by atoms with Crippen molar-refractivity contribution < 1.29 is 19.4 Å². The highest BCUT2D eigenvalue weighted by atomic mass is 35.5. The van der Waals surface area contributed by atoms with Crippen LogP contribution in [0.4, 0.5) is 0 Å². The van der Waals surface area contributed by atoms with Gasteiger partial charge in [-0.3, -0.25) is 9.59 Å². The van der Waals surface area contributed by atoms with Gasteiger partial charge in [-0.05, 0) is 49.7 Å². The first-order valence-corrected chi connectivity index (χ1v) is 10.4. The van der Waals surface area contributed by atoms with Crippen molar-refractivity contribution in [3.63, 3.8) is 0 Å². The number of carbonyl (C=O) groups excluding carboxylic acids is 2. The Labute approximate surface area is 189 Å². The third-order valence-electron chi connectivity index (χ3n) is 4.70. The van der Waals surface area contributed by atoms with Gasteiger partial charge < -0.3 is 14.7 Å². The van der Waals surface area contributed by atoms with Gasteiger partial charge in [-0.1, -0.05) is 46.9 Å². The molecule has 3 rings (SSSR count). The molecule has 1 N–H and O–H groups in total. The van der Waals surface area contributed by atoms with Crippen LogP contribution in [0.2, 0.25) is 15.1 Å². The molecule has 0 aliphatic carbocycles. The molecule has 1 saturated heterocycles. The minimum absolute atomic E-state index is 0.0213. The summed E-state index contributed by atoms with van der Waals surface area (Å²) in [5, 5.41) is 12.0. The number of halogens is 3. The van der Waals surface area contributed by atoms with Crippen molar-refractivity contribution in [3.05, 3.63) is 74.2 Å². The quantitative estimate of drug-likeness (QED) is 0.346. The summed E-state index contributed by atoms with van der Waals surface area (Å²) in [4.78, 5) is 27.1. The van der Waals surface area contributed by atoms with Crippen molar-refractivity contribution in [1.29, 1.82) is 0 Å². The molecule has 1 fully saturated rings. The van der Waals surface area contributed by atoms with E-state index in [9.17, 15) is 14.7 Å². The predicted molar refractivity (Wildman–Crippen MR) is 118 cm³/mol. The number of aliphatic hydroxyl groups excluding tert-OH is 1. The first-order chi connectivity index (χ1) is 14.2. The van der Waals surface area contributed by atoms with E-state index in [-0.39, 0.29) is 35.6 Å². The molecular weight excluding hydrogens is 449 g/mol. The van der Waals surface area contributed by atoms with Gasteiger partial charge >= 0.3 is 0 Å². The number of nitrogens with zero attached hydrogens (tertiary/aromatic N) is 1. The topological polar surface area (TPSA) is 66.8 Å². The molecule has 1 amide bonds. The Morgan fingerprint density at radius 2 is 1.73 bits per heavy atom. The summed E-state index contributed by atoms with van der Waals surface area (Å²) < 4.78 is 5.56. The van der Waals surface area contributed by atoms with Crippen LogP contribution >= 0.6 is 34.8 Å². The number of hydrogen-bond acceptors (Lipinski definition) is 4. The number of amides is 1. The Balaban J connectivity index is 2.10. The third kappa shape index (κ3) is 4.65. The zero-order chi connectivity index (χ0) is 22.0. The van der Waals surface area contributed by atoms with Gasteiger partial charge in [0.2, 0.25) is 0 Å². The normalized spacial score (nSPS) is 18.5. The van der Waals surface area contributed by atoms with Gasteiger partial charge in [-0.15, -0.1) is 0 Å². The molecule has 0 spiro atoms. The molecule has 0 radical (unpaired) electrons. The number of Topliss-reactive ketones (excluding diaryl/α,β-unsaturated/α-hetero) is 1. The van der Waals surface area contributed by atoms with Crippen molar-refractivity contribution in [2.75, 3.05) is 13.2 Å². The van der Waals surface area contributed by atoms with Crippen molar-refractivity contribution in [1.82, 2.24) is 4.90 Å². The third-order valence-corrected chi connectivity index (χ3v) is 5.69. The van der Waals surface area contributed by atoms with E-state index in [4.69, 9.17) is 39.5 Å². The fraction of sp³-hybridized carbons (Fsp3) is 0.273. The molecule has 30 heavy (non-hydrogen) atoms. The zero-order valence-electron chi connectivity index (χ0n) is 16.4. The number of benzene rings is 2. The van der Waals surface area contributed by atoms with Gasteiger partial charge in [0, 0.05) is 17.1 Å². The van der Waals surface area contributed by atoms with E-state index >= 15 is 0 Å². The van der Waals surface area contributed by atoms with E-state index in [0.717, 1.165) is 0 Å². The lowest BCUT2D eigenvalue weighted by Gasteiger charge is -2.25. The molecule has 1 atom stereocenters. The van der Waals surface area contributed by atoms with E-state index in [1.54, 1.807) is 24.3 Å². The highest BCUT2D eigenvalue weighted by Gasteiger charge is 2.45. The number of carbonyl (C=O) groups is 2. The molecular formula is C22H20Cl3NO4. The summed E-state index contributed by atoms with van der Waals surface area (Å²) in [6.07, 6.45) is -0.0213. The molecule has 5 nitrogen and oxygen atoms in total. The number of rotatable bonds is 6. The summed E-state index contributed by atoms with van der Waals surface area (Å²) in [6, 6.07) is 10.5. The fourth-order valence-corrected chi connectivity index (χ4v) is 3.71. The Bertz CT molecular complexity index is 1000. The highest BCUT2D eigenvalue weighted by molar-refractivity contribution is 6.47. The maximum atomic E-state index is 12.9. The molecule has 1 unspecified atom stereocenters. The average Bonchev–Trinajstić information content (AvgIpc) is 2.95. The van der Waals surface area contributed by atoms with E-state index in [0.29, 0.717) is 21.2 Å². The molecule has 0 saturated carbocycles.